The summed E-state index contributed by atoms with van der Waals surface area (Å²) in [6.45, 7) is 5.57. The van der Waals surface area contributed by atoms with Gasteiger partial charge in [0.2, 0.25) is 0 Å². The van der Waals surface area contributed by atoms with Crippen LogP contribution in [0.5, 0.6) is 0 Å². The summed E-state index contributed by atoms with van der Waals surface area (Å²) in [4.78, 5) is 13.3. The zero-order valence-corrected chi connectivity index (χ0v) is 12.1. The lowest BCUT2D eigenvalue weighted by Gasteiger charge is -2.35. The molecule has 20 heavy (non-hydrogen) atoms. The Labute approximate surface area is 122 Å². The van der Waals surface area contributed by atoms with Gasteiger partial charge in [-0.2, -0.15) is 5.26 Å². The Hall–Kier alpha value is -2.13. The number of thiazole rings is 1. The number of anilines is 2. The van der Waals surface area contributed by atoms with Crippen LogP contribution in [0.4, 0.5) is 10.9 Å². The summed E-state index contributed by atoms with van der Waals surface area (Å²) >= 11 is 1.69. The fourth-order valence-electron chi connectivity index (χ4n) is 2.33. The zero-order valence-electron chi connectivity index (χ0n) is 11.3. The van der Waals surface area contributed by atoms with Crippen molar-refractivity contribution in [3.05, 3.63) is 35.0 Å². The van der Waals surface area contributed by atoms with Gasteiger partial charge in [0.25, 0.3) is 0 Å². The maximum atomic E-state index is 9.15. The van der Waals surface area contributed by atoms with Gasteiger partial charge in [0.05, 0.1) is 11.3 Å². The molecule has 0 spiro atoms. The lowest BCUT2D eigenvalue weighted by molar-refractivity contribution is 0.645. The largest absolute Gasteiger partial charge is 0.352 e. The Balaban J connectivity index is 1.71. The summed E-state index contributed by atoms with van der Waals surface area (Å²) in [5, 5.41) is 12.3. The molecule has 1 fully saturated rings. The number of pyridine rings is 1. The monoisotopic (exact) mass is 285 g/mol. The molecule has 0 N–H and O–H groups in total. The van der Waals surface area contributed by atoms with Crippen LogP contribution >= 0.6 is 11.3 Å². The summed E-state index contributed by atoms with van der Waals surface area (Å²) < 4.78 is 0. The first-order valence-corrected chi connectivity index (χ1v) is 7.43. The maximum absolute atomic E-state index is 9.15. The zero-order chi connectivity index (χ0) is 13.9. The second-order valence-corrected chi connectivity index (χ2v) is 5.57. The van der Waals surface area contributed by atoms with Crippen LogP contribution in [-0.4, -0.2) is 36.1 Å². The van der Waals surface area contributed by atoms with E-state index in [1.165, 1.54) is 0 Å². The minimum absolute atomic E-state index is 0.644. The van der Waals surface area contributed by atoms with Gasteiger partial charge in [-0.1, -0.05) is 0 Å². The van der Waals surface area contributed by atoms with Crippen LogP contribution in [0.15, 0.2) is 23.7 Å². The predicted molar refractivity (Wildman–Crippen MR) is 80.2 cm³/mol. The van der Waals surface area contributed by atoms with Gasteiger partial charge in [-0.3, -0.25) is 0 Å². The fraction of sp³-hybridized carbons (Fsp3) is 0.357. The molecule has 6 heteroatoms. The van der Waals surface area contributed by atoms with Crippen LogP contribution in [-0.2, 0) is 0 Å². The highest BCUT2D eigenvalue weighted by atomic mass is 32.1. The van der Waals surface area contributed by atoms with E-state index in [0.29, 0.717) is 5.56 Å². The Morgan fingerprint density at radius 3 is 2.65 bits per heavy atom. The third-order valence-electron chi connectivity index (χ3n) is 3.36. The minimum atomic E-state index is 0.644. The second kappa shape index (κ2) is 5.47. The van der Waals surface area contributed by atoms with E-state index in [9.17, 15) is 0 Å². The smallest absolute Gasteiger partial charge is 0.185 e. The van der Waals surface area contributed by atoms with E-state index in [-0.39, 0.29) is 0 Å². The Morgan fingerprint density at radius 2 is 2.00 bits per heavy atom. The van der Waals surface area contributed by atoms with Crippen LogP contribution in [0.3, 0.4) is 0 Å². The lowest BCUT2D eigenvalue weighted by Crippen LogP contribution is -2.47. The highest BCUT2D eigenvalue weighted by Gasteiger charge is 2.21. The molecule has 0 bridgehead atoms. The Morgan fingerprint density at radius 1 is 1.25 bits per heavy atom. The first kappa shape index (κ1) is 12.9. The maximum Gasteiger partial charge on any atom is 0.185 e. The molecule has 0 aromatic carbocycles. The van der Waals surface area contributed by atoms with Crippen molar-refractivity contribution >= 4 is 22.3 Å². The quantitative estimate of drug-likeness (QED) is 0.845. The molecular weight excluding hydrogens is 270 g/mol. The number of piperazine rings is 1. The summed E-state index contributed by atoms with van der Waals surface area (Å²) in [6.07, 6.45) is 1.74. The molecule has 0 saturated carbocycles. The van der Waals surface area contributed by atoms with E-state index in [1.807, 2.05) is 13.0 Å². The van der Waals surface area contributed by atoms with Gasteiger partial charge in [-0.15, -0.1) is 11.3 Å². The SMILES string of the molecule is Cc1csc(N2CCN(c3ncccc3C#N)CC2)n1. The average molecular weight is 285 g/mol. The van der Waals surface area contributed by atoms with Gasteiger partial charge in [0, 0.05) is 37.8 Å². The fourth-order valence-corrected chi connectivity index (χ4v) is 3.19. The van der Waals surface area contributed by atoms with Crippen molar-refractivity contribution in [1.29, 1.82) is 5.26 Å². The summed E-state index contributed by atoms with van der Waals surface area (Å²) in [5.74, 6) is 0.796. The third kappa shape index (κ3) is 2.45. The molecule has 102 valence electrons. The molecular formula is C14H15N5S. The Bertz CT molecular complexity index is 637. The first-order valence-electron chi connectivity index (χ1n) is 6.55. The highest BCUT2D eigenvalue weighted by Crippen LogP contribution is 2.23. The molecule has 1 aliphatic rings. The standard InChI is InChI=1S/C14H15N5S/c1-11-10-20-14(17-11)19-7-5-18(6-8-19)13-12(9-15)3-2-4-16-13/h2-4,10H,5-8H2,1H3. The molecule has 5 nitrogen and oxygen atoms in total. The number of hydrogen-bond acceptors (Lipinski definition) is 6. The third-order valence-corrected chi connectivity index (χ3v) is 4.38. The molecule has 2 aromatic heterocycles. The molecule has 3 heterocycles. The van der Waals surface area contributed by atoms with Crippen molar-refractivity contribution in [2.75, 3.05) is 36.0 Å². The van der Waals surface area contributed by atoms with Crippen LogP contribution in [0, 0.1) is 18.3 Å². The van der Waals surface area contributed by atoms with E-state index < -0.39 is 0 Å². The van der Waals surface area contributed by atoms with Crippen molar-refractivity contribution in [2.45, 2.75) is 6.92 Å². The summed E-state index contributed by atoms with van der Waals surface area (Å²) in [6, 6.07) is 5.83. The van der Waals surface area contributed by atoms with Crippen LogP contribution in [0.25, 0.3) is 0 Å². The van der Waals surface area contributed by atoms with E-state index in [4.69, 9.17) is 5.26 Å². The highest BCUT2D eigenvalue weighted by molar-refractivity contribution is 7.13. The molecule has 0 aliphatic carbocycles. The number of nitriles is 1. The number of aromatic nitrogens is 2. The van der Waals surface area contributed by atoms with Crippen LogP contribution < -0.4 is 9.80 Å². The summed E-state index contributed by atoms with van der Waals surface area (Å²) in [7, 11) is 0. The molecule has 1 aliphatic heterocycles. The number of hydrogen-bond donors (Lipinski definition) is 0. The van der Waals surface area contributed by atoms with E-state index in [2.05, 4.69) is 31.2 Å². The van der Waals surface area contributed by atoms with Crippen molar-refractivity contribution in [3.8, 4) is 6.07 Å². The molecule has 3 rings (SSSR count). The first-order chi connectivity index (χ1) is 9.78. The Kier molecular flexibility index (Phi) is 3.52. The normalized spacial score (nSPS) is 15.2. The molecule has 0 radical (unpaired) electrons. The van der Waals surface area contributed by atoms with Crippen LogP contribution in [0.2, 0.25) is 0 Å². The van der Waals surface area contributed by atoms with Gasteiger partial charge in [-0.25, -0.2) is 9.97 Å². The molecule has 0 amide bonds. The second-order valence-electron chi connectivity index (χ2n) is 4.73. The van der Waals surface area contributed by atoms with E-state index in [1.54, 1.807) is 23.6 Å². The number of rotatable bonds is 2. The minimum Gasteiger partial charge on any atom is -0.352 e. The lowest BCUT2D eigenvalue weighted by atomic mass is 10.2. The predicted octanol–water partition coefficient (Wildman–Crippen LogP) is 2.04. The molecule has 2 aromatic rings. The molecule has 1 saturated heterocycles. The van der Waals surface area contributed by atoms with Crippen LogP contribution in [0.1, 0.15) is 11.3 Å². The van der Waals surface area contributed by atoms with Gasteiger partial charge in [0.15, 0.2) is 5.13 Å². The van der Waals surface area contributed by atoms with Crippen molar-refractivity contribution in [3.63, 3.8) is 0 Å². The number of aryl methyl sites for hydroxylation is 1. The number of nitrogens with zero attached hydrogens (tertiary/aromatic N) is 5. The molecule has 0 atom stereocenters. The van der Waals surface area contributed by atoms with Crippen molar-refractivity contribution in [1.82, 2.24) is 9.97 Å². The summed E-state index contributed by atoms with van der Waals surface area (Å²) in [5.41, 5.74) is 1.72. The van der Waals surface area contributed by atoms with E-state index in [0.717, 1.165) is 42.8 Å². The van der Waals surface area contributed by atoms with Gasteiger partial charge >= 0.3 is 0 Å². The van der Waals surface area contributed by atoms with E-state index >= 15 is 0 Å². The van der Waals surface area contributed by atoms with Crippen molar-refractivity contribution in [2.24, 2.45) is 0 Å². The van der Waals surface area contributed by atoms with Gasteiger partial charge in [0.1, 0.15) is 11.9 Å². The average Bonchev–Trinajstić information content (AvgIpc) is 2.94. The van der Waals surface area contributed by atoms with Crippen molar-refractivity contribution < 1.29 is 0 Å². The molecule has 0 unspecified atom stereocenters. The van der Waals surface area contributed by atoms with Gasteiger partial charge in [-0.05, 0) is 19.1 Å². The topological polar surface area (TPSA) is 56.0 Å². The van der Waals surface area contributed by atoms with Gasteiger partial charge < -0.3 is 9.80 Å².